The van der Waals surface area contributed by atoms with Crippen LogP contribution in [-0.2, 0) is 4.74 Å². The number of morpholine rings is 1. The molecule has 4 nitrogen and oxygen atoms in total. The van der Waals surface area contributed by atoms with Crippen LogP contribution in [0, 0.1) is 4.64 Å². The van der Waals surface area contributed by atoms with Crippen molar-refractivity contribution < 1.29 is 4.74 Å². The molecule has 0 bridgehead atoms. The van der Waals surface area contributed by atoms with Crippen LogP contribution in [0.5, 0.6) is 0 Å². The molecule has 1 aliphatic heterocycles. The van der Waals surface area contributed by atoms with Gasteiger partial charge in [-0.1, -0.05) is 19.1 Å². The lowest BCUT2D eigenvalue weighted by Gasteiger charge is -2.32. The van der Waals surface area contributed by atoms with E-state index in [-0.39, 0.29) is 6.10 Å². The Kier molecular flexibility index (Phi) is 4.67. The highest BCUT2D eigenvalue weighted by molar-refractivity contribution is 9.10. The van der Waals surface area contributed by atoms with Crippen molar-refractivity contribution in [1.82, 2.24) is 14.9 Å². The fraction of sp³-hybridized carbons (Fsp3) is 0.636. The summed E-state index contributed by atoms with van der Waals surface area (Å²) in [6.07, 6.45) is 2.90. The second-order valence-electron chi connectivity index (χ2n) is 4.11. The maximum Gasteiger partial charge on any atom is 0.137 e. The minimum absolute atomic E-state index is 0.00472. The summed E-state index contributed by atoms with van der Waals surface area (Å²) in [5, 5.41) is 0. The topological polar surface area (TPSA) is 41.1 Å². The Labute approximate surface area is 115 Å². The normalized spacial score (nSPS) is 21.6. The zero-order valence-corrected chi connectivity index (χ0v) is 12.2. The molecule has 1 saturated heterocycles. The van der Waals surface area contributed by atoms with Crippen molar-refractivity contribution in [2.45, 2.75) is 19.4 Å². The van der Waals surface area contributed by atoms with Crippen LogP contribution >= 0.6 is 28.1 Å². The molecule has 1 aliphatic rings. The predicted molar refractivity (Wildman–Crippen MR) is 72.5 cm³/mol. The van der Waals surface area contributed by atoms with E-state index in [1.807, 2.05) is 0 Å². The maximum absolute atomic E-state index is 5.74. The second kappa shape index (κ2) is 6.04. The Morgan fingerprint density at radius 1 is 1.71 bits per heavy atom. The summed E-state index contributed by atoms with van der Waals surface area (Å²) in [5.41, 5.74) is 0. The van der Waals surface area contributed by atoms with Gasteiger partial charge in [0.05, 0.1) is 11.1 Å². The number of aromatic nitrogens is 2. The molecule has 17 heavy (non-hydrogen) atoms. The van der Waals surface area contributed by atoms with Gasteiger partial charge < -0.3 is 9.72 Å². The first kappa shape index (κ1) is 13.1. The van der Waals surface area contributed by atoms with E-state index >= 15 is 0 Å². The molecule has 1 aromatic heterocycles. The molecule has 0 radical (unpaired) electrons. The minimum Gasteiger partial charge on any atom is -0.368 e. The van der Waals surface area contributed by atoms with Crippen LogP contribution in [0.25, 0.3) is 0 Å². The average Bonchev–Trinajstić information content (AvgIpc) is 2.33. The first-order valence-corrected chi connectivity index (χ1v) is 6.99. The third-order valence-corrected chi connectivity index (χ3v) is 3.96. The highest BCUT2D eigenvalue weighted by Gasteiger charge is 2.23. The molecular formula is C11H16BrN3OS. The number of nitrogens with one attached hydrogen (secondary N) is 1. The molecule has 1 atom stereocenters. The van der Waals surface area contributed by atoms with E-state index in [0.29, 0.717) is 4.64 Å². The first-order chi connectivity index (χ1) is 8.20. The quantitative estimate of drug-likeness (QED) is 0.870. The number of halogens is 1. The van der Waals surface area contributed by atoms with Crippen LogP contribution in [0.15, 0.2) is 10.7 Å². The number of nitrogens with zero attached hydrogens (tertiary/aromatic N) is 2. The van der Waals surface area contributed by atoms with Gasteiger partial charge in [0, 0.05) is 19.3 Å². The zero-order valence-electron chi connectivity index (χ0n) is 9.78. The van der Waals surface area contributed by atoms with Crippen molar-refractivity contribution in [3.8, 4) is 0 Å². The Morgan fingerprint density at radius 3 is 3.24 bits per heavy atom. The molecule has 0 saturated carbocycles. The molecule has 0 aromatic carbocycles. The van der Waals surface area contributed by atoms with Crippen molar-refractivity contribution in [3.63, 3.8) is 0 Å². The van der Waals surface area contributed by atoms with E-state index in [2.05, 4.69) is 37.7 Å². The van der Waals surface area contributed by atoms with Gasteiger partial charge in [0.1, 0.15) is 16.6 Å². The molecule has 1 fully saturated rings. The lowest BCUT2D eigenvalue weighted by atomic mass is 10.2. The third-order valence-electron chi connectivity index (χ3n) is 2.77. The van der Waals surface area contributed by atoms with E-state index in [4.69, 9.17) is 17.0 Å². The Morgan fingerprint density at radius 2 is 2.53 bits per heavy atom. The number of H-pyrrole nitrogens is 1. The van der Waals surface area contributed by atoms with Gasteiger partial charge in [0.15, 0.2) is 0 Å². The number of ether oxygens (including phenoxy) is 1. The van der Waals surface area contributed by atoms with Crippen molar-refractivity contribution in [1.29, 1.82) is 0 Å². The molecule has 1 N–H and O–H groups in total. The lowest BCUT2D eigenvalue weighted by Crippen LogP contribution is -2.39. The van der Waals surface area contributed by atoms with Crippen molar-refractivity contribution >= 4 is 28.1 Å². The molecule has 2 rings (SSSR count). The molecule has 1 aromatic rings. The van der Waals surface area contributed by atoms with Gasteiger partial charge in [-0.2, -0.15) is 0 Å². The molecule has 1 unspecified atom stereocenters. The highest BCUT2D eigenvalue weighted by Crippen LogP contribution is 2.20. The molecular weight excluding hydrogens is 302 g/mol. The number of rotatable bonds is 3. The summed E-state index contributed by atoms with van der Waals surface area (Å²) >= 11 is 8.52. The predicted octanol–water partition coefficient (Wildman–Crippen LogP) is 2.68. The van der Waals surface area contributed by atoms with Gasteiger partial charge in [0.25, 0.3) is 0 Å². The molecule has 6 heteroatoms. The summed E-state index contributed by atoms with van der Waals surface area (Å²) in [7, 11) is 0. The van der Waals surface area contributed by atoms with E-state index < -0.39 is 0 Å². The Balaban J connectivity index is 2.10. The first-order valence-electron chi connectivity index (χ1n) is 5.79. The van der Waals surface area contributed by atoms with Gasteiger partial charge in [-0.3, -0.25) is 4.90 Å². The van der Waals surface area contributed by atoms with Crippen LogP contribution in [0.2, 0.25) is 0 Å². The van der Waals surface area contributed by atoms with E-state index in [0.717, 1.165) is 43.0 Å². The van der Waals surface area contributed by atoms with Gasteiger partial charge in [0.2, 0.25) is 0 Å². The highest BCUT2D eigenvalue weighted by atomic mass is 79.9. The van der Waals surface area contributed by atoms with Crippen LogP contribution in [0.1, 0.15) is 25.3 Å². The standard InChI is InChI=1S/C11H16BrN3OS/c1-2-3-15-4-5-16-9(7-15)10-13-6-8(12)11(17)14-10/h6,9H,2-5,7H2,1H3,(H,13,14,17). The Hall–Kier alpha value is -0.300. The zero-order chi connectivity index (χ0) is 12.3. The molecule has 2 heterocycles. The maximum atomic E-state index is 5.74. The van der Waals surface area contributed by atoms with Crippen molar-refractivity contribution in [2.24, 2.45) is 0 Å². The fourth-order valence-electron chi connectivity index (χ4n) is 1.94. The van der Waals surface area contributed by atoms with Gasteiger partial charge in [-0.25, -0.2) is 4.98 Å². The van der Waals surface area contributed by atoms with E-state index in [1.165, 1.54) is 0 Å². The third kappa shape index (κ3) is 3.34. The minimum atomic E-state index is 0.00472. The summed E-state index contributed by atoms with van der Waals surface area (Å²) in [6, 6.07) is 0. The van der Waals surface area contributed by atoms with E-state index in [9.17, 15) is 0 Å². The fourth-order valence-corrected chi connectivity index (χ4v) is 2.30. The number of hydrogen-bond donors (Lipinski definition) is 1. The summed E-state index contributed by atoms with van der Waals surface area (Å²) in [4.78, 5) is 9.85. The van der Waals surface area contributed by atoms with Crippen LogP contribution in [0.4, 0.5) is 0 Å². The van der Waals surface area contributed by atoms with Gasteiger partial charge >= 0.3 is 0 Å². The van der Waals surface area contributed by atoms with Crippen LogP contribution in [-0.4, -0.2) is 41.1 Å². The van der Waals surface area contributed by atoms with Gasteiger partial charge in [-0.05, 0) is 28.9 Å². The van der Waals surface area contributed by atoms with Crippen LogP contribution in [0.3, 0.4) is 0 Å². The summed E-state index contributed by atoms with van der Waals surface area (Å²) < 4.78 is 7.23. The average molecular weight is 318 g/mol. The Bertz CT molecular complexity index is 435. The SMILES string of the molecule is CCCN1CCOC(c2ncc(Br)c(=S)[nH]2)C1. The smallest absolute Gasteiger partial charge is 0.137 e. The van der Waals surface area contributed by atoms with Crippen molar-refractivity contribution in [3.05, 3.63) is 21.1 Å². The molecule has 94 valence electrons. The van der Waals surface area contributed by atoms with Crippen molar-refractivity contribution in [2.75, 3.05) is 26.2 Å². The number of aromatic amines is 1. The number of hydrogen-bond acceptors (Lipinski definition) is 4. The van der Waals surface area contributed by atoms with Gasteiger partial charge in [-0.15, -0.1) is 0 Å². The molecule has 0 spiro atoms. The van der Waals surface area contributed by atoms with E-state index in [1.54, 1.807) is 6.20 Å². The largest absolute Gasteiger partial charge is 0.368 e. The summed E-state index contributed by atoms with van der Waals surface area (Å²) in [5.74, 6) is 0.819. The molecule has 0 amide bonds. The monoisotopic (exact) mass is 317 g/mol. The summed E-state index contributed by atoms with van der Waals surface area (Å²) in [6.45, 7) is 5.94. The molecule has 0 aliphatic carbocycles. The second-order valence-corrected chi connectivity index (χ2v) is 5.37. The lowest BCUT2D eigenvalue weighted by molar-refractivity contribution is -0.0342. The van der Waals surface area contributed by atoms with Crippen LogP contribution < -0.4 is 0 Å².